The molecule has 1 aromatic carbocycles. The van der Waals surface area contributed by atoms with Crippen LogP contribution in [0.25, 0.3) is 5.69 Å². The summed E-state index contributed by atoms with van der Waals surface area (Å²) < 4.78 is 1.80. The minimum absolute atomic E-state index is 0.459. The number of rotatable bonds is 3. The van der Waals surface area contributed by atoms with E-state index in [0.29, 0.717) is 16.5 Å². The molecule has 3 rings (SSSR count). The molecular weight excluding hydrogens is 236 g/mol. The van der Waals surface area contributed by atoms with Crippen LogP contribution in [0.5, 0.6) is 0 Å². The van der Waals surface area contributed by atoms with Crippen LogP contribution in [0.4, 0.5) is 0 Å². The summed E-state index contributed by atoms with van der Waals surface area (Å²) in [6, 6.07) is 7.36. The van der Waals surface area contributed by atoms with E-state index in [9.17, 15) is 4.79 Å². The van der Waals surface area contributed by atoms with Gasteiger partial charge in [0.15, 0.2) is 6.29 Å². The van der Waals surface area contributed by atoms with Gasteiger partial charge in [-0.15, -0.1) is 0 Å². The standard InChI is InChI=1S/C13H11ClN2O/c14-12-7-11(4-3-10(12)8-17)16-6-5-13(15-16)9-1-2-9/h3-9H,1-2H2. The van der Waals surface area contributed by atoms with Gasteiger partial charge in [0, 0.05) is 17.7 Å². The summed E-state index contributed by atoms with van der Waals surface area (Å²) >= 11 is 5.99. The Kier molecular flexibility index (Phi) is 2.48. The number of halogens is 1. The van der Waals surface area contributed by atoms with Gasteiger partial charge in [0.2, 0.25) is 0 Å². The Hall–Kier alpha value is -1.61. The number of aromatic nitrogens is 2. The number of nitrogens with zero attached hydrogens (tertiary/aromatic N) is 2. The molecule has 86 valence electrons. The van der Waals surface area contributed by atoms with E-state index in [1.54, 1.807) is 16.8 Å². The zero-order valence-electron chi connectivity index (χ0n) is 9.14. The lowest BCUT2D eigenvalue weighted by molar-refractivity contribution is 0.112. The van der Waals surface area contributed by atoms with Gasteiger partial charge in [-0.2, -0.15) is 5.10 Å². The molecule has 0 unspecified atom stereocenters. The van der Waals surface area contributed by atoms with Crippen LogP contribution in [-0.4, -0.2) is 16.1 Å². The molecule has 3 nitrogen and oxygen atoms in total. The Bertz CT molecular complexity index is 573. The summed E-state index contributed by atoms with van der Waals surface area (Å²) in [5.74, 6) is 0.640. The average Bonchev–Trinajstić information content (AvgIpc) is 3.07. The highest BCUT2D eigenvalue weighted by atomic mass is 35.5. The van der Waals surface area contributed by atoms with Crippen LogP contribution in [0.1, 0.15) is 34.8 Å². The first-order valence-corrected chi connectivity index (χ1v) is 5.96. The number of hydrogen-bond donors (Lipinski definition) is 0. The van der Waals surface area contributed by atoms with E-state index in [0.717, 1.165) is 17.7 Å². The second kappa shape index (κ2) is 4.00. The third-order valence-electron chi connectivity index (χ3n) is 2.98. The van der Waals surface area contributed by atoms with Crippen LogP contribution in [0.3, 0.4) is 0 Å². The van der Waals surface area contributed by atoms with Crippen molar-refractivity contribution in [1.29, 1.82) is 0 Å². The van der Waals surface area contributed by atoms with Gasteiger partial charge in [-0.1, -0.05) is 11.6 Å². The average molecular weight is 247 g/mol. The predicted molar refractivity (Wildman–Crippen MR) is 65.9 cm³/mol. The van der Waals surface area contributed by atoms with Crippen LogP contribution >= 0.6 is 11.6 Å². The van der Waals surface area contributed by atoms with Gasteiger partial charge in [-0.3, -0.25) is 4.79 Å². The van der Waals surface area contributed by atoms with E-state index in [-0.39, 0.29) is 0 Å². The number of aldehydes is 1. The van der Waals surface area contributed by atoms with Crippen molar-refractivity contribution >= 4 is 17.9 Å². The molecule has 0 radical (unpaired) electrons. The molecule has 1 fully saturated rings. The molecule has 0 amide bonds. The Morgan fingerprint density at radius 1 is 1.35 bits per heavy atom. The van der Waals surface area contributed by atoms with Crippen molar-refractivity contribution < 1.29 is 4.79 Å². The summed E-state index contributed by atoms with van der Waals surface area (Å²) in [4.78, 5) is 10.7. The van der Waals surface area contributed by atoms with E-state index in [1.165, 1.54) is 12.8 Å². The summed E-state index contributed by atoms with van der Waals surface area (Å²) in [6.45, 7) is 0. The predicted octanol–water partition coefficient (Wildman–Crippen LogP) is 3.22. The minimum Gasteiger partial charge on any atom is -0.298 e. The van der Waals surface area contributed by atoms with Crippen molar-refractivity contribution in [3.63, 3.8) is 0 Å². The van der Waals surface area contributed by atoms with E-state index < -0.39 is 0 Å². The zero-order chi connectivity index (χ0) is 11.8. The maximum Gasteiger partial charge on any atom is 0.151 e. The molecule has 17 heavy (non-hydrogen) atoms. The summed E-state index contributed by atoms with van der Waals surface area (Å²) in [5.41, 5.74) is 2.53. The second-order valence-corrected chi connectivity index (χ2v) is 4.69. The molecule has 1 saturated carbocycles. The molecule has 0 aliphatic heterocycles. The van der Waals surface area contributed by atoms with Crippen molar-refractivity contribution in [2.45, 2.75) is 18.8 Å². The number of carbonyl (C=O) groups excluding carboxylic acids is 1. The Labute approximate surface area is 104 Å². The maximum absolute atomic E-state index is 10.7. The third-order valence-corrected chi connectivity index (χ3v) is 3.31. The quantitative estimate of drug-likeness (QED) is 0.780. The van der Waals surface area contributed by atoms with Gasteiger partial charge in [-0.05, 0) is 37.1 Å². The van der Waals surface area contributed by atoms with Crippen molar-refractivity contribution in [1.82, 2.24) is 9.78 Å². The monoisotopic (exact) mass is 246 g/mol. The second-order valence-electron chi connectivity index (χ2n) is 4.28. The number of hydrogen-bond acceptors (Lipinski definition) is 2. The van der Waals surface area contributed by atoms with Gasteiger partial charge in [0.1, 0.15) is 0 Å². The molecule has 0 spiro atoms. The zero-order valence-corrected chi connectivity index (χ0v) is 9.89. The molecule has 0 atom stereocenters. The van der Waals surface area contributed by atoms with Gasteiger partial charge < -0.3 is 0 Å². The minimum atomic E-state index is 0.459. The van der Waals surface area contributed by atoms with Crippen LogP contribution in [0.2, 0.25) is 5.02 Å². The highest BCUT2D eigenvalue weighted by molar-refractivity contribution is 6.33. The Morgan fingerprint density at radius 2 is 2.18 bits per heavy atom. The van der Waals surface area contributed by atoms with Crippen molar-refractivity contribution in [3.8, 4) is 5.69 Å². The first-order valence-electron chi connectivity index (χ1n) is 5.58. The fourth-order valence-corrected chi connectivity index (χ4v) is 2.05. The van der Waals surface area contributed by atoms with Gasteiger partial charge in [0.05, 0.1) is 16.4 Å². The fraction of sp³-hybridized carbons (Fsp3) is 0.231. The first-order chi connectivity index (χ1) is 8.28. The molecule has 0 saturated heterocycles. The van der Waals surface area contributed by atoms with Crippen molar-refractivity contribution in [3.05, 3.63) is 46.7 Å². The fourth-order valence-electron chi connectivity index (χ4n) is 1.83. The molecule has 1 aliphatic carbocycles. The van der Waals surface area contributed by atoms with Crippen LogP contribution in [0.15, 0.2) is 30.5 Å². The molecule has 1 heterocycles. The summed E-state index contributed by atoms with van der Waals surface area (Å²) in [5, 5.41) is 4.97. The van der Waals surface area contributed by atoms with Crippen molar-refractivity contribution in [2.75, 3.05) is 0 Å². The molecule has 0 N–H and O–H groups in total. The molecule has 2 aromatic rings. The van der Waals surface area contributed by atoms with Crippen molar-refractivity contribution in [2.24, 2.45) is 0 Å². The third kappa shape index (κ3) is 1.98. The first kappa shape index (κ1) is 10.5. The Morgan fingerprint density at radius 3 is 2.82 bits per heavy atom. The highest BCUT2D eigenvalue weighted by Crippen LogP contribution is 2.39. The normalized spacial score (nSPS) is 14.9. The smallest absolute Gasteiger partial charge is 0.151 e. The summed E-state index contributed by atoms with van der Waals surface area (Å²) in [7, 11) is 0. The lowest BCUT2D eigenvalue weighted by Crippen LogP contribution is -1.96. The highest BCUT2D eigenvalue weighted by Gasteiger charge is 2.25. The molecule has 1 aromatic heterocycles. The molecule has 0 bridgehead atoms. The van der Waals surface area contributed by atoms with Gasteiger partial charge >= 0.3 is 0 Å². The largest absolute Gasteiger partial charge is 0.298 e. The SMILES string of the molecule is O=Cc1ccc(-n2ccc(C3CC3)n2)cc1Cl. The maximum atomic E-state index is 10.7. The van der Waals surface area contributed by atoms with Crippen LogP contribution in [-0.2, 0) is 0 Å². The molecule has 1 aliphatic rings. The number of benzene rings is 1. The number of carbonyl (C=O) groups is 1. The van der Waals surface area contributed by atoms with E-state index >= 15 is 0 Å². The van der Waals surface area contributed by atoms with E-state index in [2.05, 4.69) is 5.10 Å². The van der Waals surface area contributed by atoms with Gasteiger partial charge in [0.25, 0.3) is 0 Å². The molecular formula is C13H11ClN2O. The lowest BCUT2D eigenvalue weighted by Gasteiger charge is -2.03. The van der Waals surface area contributed by atoms with Crippen LogP contribution < -0.4 is 0 Å². The van der Waals surface area contributed by atoms with E-state index in [1.807, 2.05) is 18.3 Å². The summed E-state index contributed by atoms with van der Waals surface area (Å²) in [6.07, 6.45) is 5.16. The Balaban J connectivity index is 1.96. The van der Waals surface area contributed by atoms with E-state index in [4.69, 9.17) is 11.6 Å². The lowest BCUT2D eigenvalue weighted by atomic mass is 10.2. The molecule has 4 heteroatoms. The van der Waals surface area contributed by atoms with Gasteiger partial charge in [-0.25, -0.2) is 4.68 Å². The van der Waals surface area contributed by atoms with Crippen LogP contribution in [0, 0.1) is 0 Å². The topological polar surface area (TPSA) is 34.9 Å².